The monoisotopic (exact) mass is 342 g/mol. The molecule has 0 aliphatic heterocycles. The molecule has 6 heteroatoms. The minimum Gasteiger partial charge on any atom is -0.368 e. The van der Waals surface area contributed by atoms with Gasteiger partial charge in [-0.1, -0.05) is 31.9 Å². The summed E-state index contributed by atoms with van der Waals surface area (Å²) >= 11 is 7.50. The van der Waals surface area contributed by atoms with Gasteiger partial charge in [-0.25, -0.2) is 0 Å². The topological polar surface area (TPSA) is 72.2 Å². The lowest BCUT2D eigenvalue weighted by atomic mass is 9.98. The van der Waals surface area contributed by atoms with Crippen molar-refractivity contribution < 1.29 is 9.59 Å². The third-order valence-electron chi connectivity index (χ3n) is 3.47. The van der Waals surface area contributed by atoms with Crippen LogP contribution in [0.1, 0.15) is 33.1 Å². The molecule has 2 atom stereocenters. The second-order valence-electron chi connectivity index (χ2n) is 5.24. The van der Waals surface area contributed by atoms with Crippen molar-refractivity contribution in [2.24, 2.45) is 11.7 Å². The van der Waals surface area contributed by atoms with Gasteiger partial charge in [0.25, 0.3) is 0 Å². The number of carbonyl (C=O) groups is 2. The minimum absolute atomic E-state index is 0.0462. The Bertz CT molecular complexity index is 493. The molecule has 0 saturated heterocycles. The van der Waals surface area contributed by atoms with E-state index >= 15 is 0 Å². The lowest BCUT2D eigenvalue weighted by Gasteiger charge is -2.21. The van der Waals surface area contributed by atoms with Gasteiger partial charge in [0.05, 0.1) is 0 Å². The van der Waals surface area contributed by atoms with E-state index in [-0.39, 0.29) is 11.8 Å². The summed E-state index contributed by atoms with van der Waals surface area (Å²) in [5.74, 6) is 0.281. The summed E-state index contributed by atoms with van der Waals surface area (Å²) in [5.41, 5.74) is 5.34. The van der Waals surface area contributed by atoms with Gasteiger partial charge in [0.15, 0.2) is 0 Å². The molecule has 1 rings (SSSR count). The smallest absolute Gasteiger partial charge is 0.240 e. The lowest BCUT2D eigenvalue weighted by Crippen LogP contribution is -2.48. The van der Waals surface area contributed by atoms with Crippen molar-refractivity contribution in [2.75, 3.05) is 5.75 Å². The molecule has 0 heterocycles. The molecule has 2 amide bonds. The third kappa shape index (κ3) is 6.71. The van der Waals surface area contributed by atoms with E-state index in [0.29, 0.717) is 11.4 Å². The van der Waals surface area contributed by atoms with E-state index in [1.165, 1.54) is 0 Å². The van der Waals surface area contributed by atoms with E-state index in [2.05, 4.69) is 5.32 Å². The standard InChI is InChI=1S/C16H23ClN2O2S/c1-3-11(2)15(16(18)21)19-14(20)5-4-10-22-13-8-6-12(17)7-9-13/h6-9,11,15H,3-5,10H2,1-2H3,(H2,18,21)(H,19,20). The maximum atomic E-state index is 11.9. The van der Waals surface area contributed by atoms with Crippen LogP contribution in [0.3, 0.4) is 0 Å². The van der Waals surface area contributed by atoms with Crippen LogP contribution in [0.2, 0.25) is 5.02 Å². The Labute approximate surface area is 141 Å². The summed E-state index contributed by atoms with van der Waals surface area (Å²) in [7, 11) is 0. The molecule has 0 aliphatic carbocycles. The number of thioether (sulfide) groups is 1. The molecule has 0 aliphatic rings. The Balaban J connectivity index is 2.30. The number of benzene rings is 1. The molecule has 4 nitrogen and oxygen atoms in total. The SMILES string of the molecule is CCC(C)C(NC(=O)CCCSc1ccc(Cl)cc1)C(N)=O. The van der Waals surface area contributed by atoms with Gasteiger partial charge in [0.1, 0.15) is 6.04 Å². The maximum absolute atomic E-state index is 11.9. The van der Waals surface area contributed by atoms with Gasteiger partial charge >= 0.3 is 0 Å². The van der Waals surface area contributed by atoms with Gasteiger partial charge in [0, 0.05) is 16.3 Å². The first-order valence-corrected chi connectivity index (χ1v) is 8.77. The molecule has 3 N–H and O–H groups in total. The molecular weight excluding hydrogens is 320 g/mol. The van der Waals surface area contributed by atoms with Crippen LogP contribution in [-0.4, -0.2) is 23.6 Å². The number of halogens is 1. The predicted octanol–water partition coefficient (Wildman–Crippen LogP) is 3.23. The molecule has 0 radical (unpaired) electrons. The van der Waals surface area contributed by atoms with E-state index in [1.54, 1.807) is 11.8 Å². The quantitative estimate of drug-likeness (QED) is 0.534. The number of primary amides is 1. The fraction of sp³-hybridized carbons (Fsp3) is 0.500. The summed E-state index contributed by atoms with van der Waals surface area (Å²) < 4.78 is 0. The van der Waals surface area contributed by atoms with Gasteiger partial charge in [-0.2, -0.15) is 0 Å². The van der Waals surface area contributed by atoms with Crippen LogP contribution in [-0.2, 0) is 9.59 Å². The van der Waals surface area contributed by atoms with Crippen molar-refractivity contribution in [1.29, 1.82) is 0 Å². The number of carbonyl (C=O) groups excluding carboxylic acids is 2. The van der Waals surface area contributed by atoms with E-state index in [0.717, 1.165) is 23.5 Å². The van der Waals surface area contributed by atoms with Crippen molar-refractivity contribution >= 4 is 35.2 Å². The largest absolute Gasteiger partial charge is 0.368 e. The third-order valence-corrected chi connectivity index (χ3v) is 4.82. The van der Waals surface area contributed by atoms with Crippen LogP contribution in [0.15, 0.2) is 29.2 Å². The number of amides is 2. The van der Waals surface area contributed by atoms with E-state index < -0.39 is 11.9 Å². The molecule has 0 spiro atoms. The van der Waals surface area contributed by atoms with Crippen molar-refractivity contribution in [2.45, 2.75) is 44.0 Å². The number of rotatable bonds is 9. The van der Waals surface area contributed by atoms with Crippen molar-refractivity contribution in [3.05, 3.63) is 29.3 Å². The Morgan fingerprint density at radius 1 is 1.32 bits per heavy atom. The fourth-order valence-electron chi connectivity index (χ4n) is 1.93. The minimum atomic E-state index is -0.582. The zero-order valence-corrected chi connectivity index (χ0v) is 14.5. The van der Waals surface area contributed by atoms with Crippen LogP contribution in [0.25, 0.3) is 0 Å². The number of hydrogen-bond acceptors (Lipinski definition) is 3. The number of nitrogens with one attached hydrogen (secondary N) is 1. The van der Waals surface area contributed by atoms with E-state index in [1.807, 2.05) is 38.1 Å². The highest BCUT2D eigenvalue weighted by Gasteiger charge is 2.23. The first kappa shape index (κ1) is 18.8. The summed E-state index contributed by atoms with van der Waals surface area (Å²) in [6.07, 6.45) is 1.92. The highest BCUT2D eigenvalue weighted by molar-refractivity contribution is 7.99. The summed E-state index contributed by atoms with van der Waals surface area (Å²) in [5, 5.41) is 3.45. The fourth-order valence-corrected chi connectivity index (χ4v) is 2.91. The molecule has 0 fully saturated rings. The molecule has 1 aromatic carbocycles. The van der Waals surface area contributed by atoms with Crippen LogP contribution in [0.5, 0.6) is 0 Å². The van der Waals surface area contributed by atoms with Gasteiger partial charge < -0.3 is 11.1 Å². The van der Waals surface area contributed by atoms with Gasteiger partial charge in [0.2, 0.25) is 11.8 Å². The highest BCUT2D eigenvalue weighted by Crippen LogP contribution is 2.21. The molecule has 1 aromatic rings. The molecule has 0 bridgehead atoms. The van der Waals surface area contributed by atoms with Gasteiger partial charge in [-0.15, -0.1) is 11.8 Å². The Kier molecular flexibility index (Phi) is 8.35. The van der Waals surface area contributed by atoms with E-state index in [4.69, 9.17) is 17.3 Å². The zero-order valence-electron chi connectivity index (χ0n) is 13.0. The predicted molar refractivity (Wildman–Crippen MR) is 92.0 cm³/mol. The molecule has 0 aromatic heterocycles. The average molecular weight is 343 g/mol. The van der Waals surface area contributed by atoms with Crippen LogP contribution in [0, 0.1) is 5.92 Å². The first-order chi connectivity index (χ1) is 10.4. The molecule has 122 valence electrons. The average Bonchev–Trinajstić information content (AvgIpc) is 2.50. The normalized spacial score (nSPS) is 13.4. The van der Waals surface area contributed by atoms with Crippen molar-refractivity contribution in [3.63, 3.8) is 0 Å². The second-order valence-corrected chi connectivity index (χ2v) is 6.84. The Morgan fingerprint density at radius 3 is 2.50 bits per heavy atom. The molecule has 22 heavy (non-hydrogen) atoms. The molecule has 0 saturated carbocycles. The van der Waals surface area contributed by atoms with Crippen LogP contribution < -0.4 is 11.1 Å². The van der Waals surface area contributed by atoms with Crippen LogP contribution >= 0.6 is 23.4 Å². The molecule has 2 unspecified atom stereocenters. The summed E-state index contributed by atoms with van der Waals surface area (Å²) in [4.78, 5) is 24.4. The van der Waals surface area contributed by atoms with E-state index in [9.17, 15) is 9.59 Å². The maximum Gasteiger partial charge on any atom is 0.240 e. The highest BCUT2D eigenvalue weighted by atomic mass is 35.5. The van der Waals surface area contributed by atoms with Gasteiger partial charge in [-0.3, -0.25) is 9.59 Å². The zero-order chi connectivity index (χ0) is 16.5. The Morgan fingerprint density at radius 2 is 1.95 bits per heavy atom. The Hall–Kier alpha value is -1.20. The van der Waals surface area contributed by atoms with Crippen molar-refractivity contribution in [3.8, 4) is 0 Å². The first-order valence-electron chi connectivity index (χ1n) is 7.41. The number of hydrogen-bond donors (Lipinski definition) is 2. The van der Waals surface area contributed by atoms with Gasteiger partial charge in [-0.05, 0) is 42.4 Å². The van der Waals surface area contributed by atoms with Crippen LogP contribution in [0.4, 0.5) is 0 Å². The second kappa shape index (κ2) is 9.74. The van der Waals surface area contributed by atoms with Crippen molar-refractivity contribution in [1.82, 2.24) is 5.32 Å². The molecular formula is C16H23ClN2O2S. The summed E-state index contributed by atoms with van der Waals surface area (Å²) in [6, 6.07) is 7.03. The lowest BCUT2D eigenvalue weighted by molar-refractivity contribution is -0.128. The number of nitrogens with two attached hydrogens (primary N) is 1. The summed E-state index contributed by atoms with van der Waals surface area (Å²) in [6.45, 7) is 3.88.